The minimum Gasteiger partial charge on any atom is -0.384 e. The zero-order valence-corrected chi connectivity index (χ0v) is 11.3. The monoisotopic (exact) mass is 293 g/mol. The number of nitrogens with zero attached hydrogens (tertiary/aromatic N) is 4. The molecule has 0 aliphatic heterocycles. The van der Waals surface area contributed by atoms with Gasteiger partial charge in [-0.3, -0.25) is 14.9 Å². The molecule has 0 bridgehead atoms. The first-order valence-electron chi connectivity index (χ1n) is 5.51. The highest BCUT2D eigenvalue weighted by atomic mass is 32.1. The van der Waals surface area contributed by atoms with Crippen molar-refractivity contribution in [3.8, 4) is 0 Å². The topological polar surface area (TPSA) is 115 Å². The lowest BCUT2D eigenvalue weighted by molar-refractivity contribution is -0.385. The molecule has 0 aromatic carbocycles. The third-order valence-corrected chi connectivity index (χ3v) is 3.20. The van der Waals surface area contributed by atoms with Gasteiger partial charge in [0, 0.05) is 12.4 Å². The van der Waals surface area contributed by atoms with Crippen LogP contribution in [0.15, 0.2) is 23.2 Å². The minimum atomic E-state index is -0.656. The van der Waals surface area contributed by atoms with Gasteiger partial charge in [-0.2, -0.15) is 0 Å². The van der Waals surface area contributed by atoms with Crippen LogP contribution in [0, 0.1) is 10.1 Å². The fraction of sp³-hybridized carbons (Fsp3) is 0.182. The number of carbonyl (C=O) groups excluding carboxylic acids is 1. The number of thiazole rings is 1. The second-order valence-electron chi connectivity index (χ2n) is 4.02. The molecule has 2 N–H and O–H groups in total. The van der Waals surface area contributed by atoms with E-state index in [4.69, 9.17) is 5.73 Å². The van der Waals surface area contributed by atoms with E-state index in [0.29, 0.717) is 0 Å². The average Bonchev–Trinajstić information content (AvgIpc) is 2.90. The SMILES string of the molecule is CN(Cc1cscn1)C(=O)c1cc(N)ncc1[N+](=O)[O-]. The number of amides is 1. The molecule has 20 heavy (non-hydrogen) atoms. The summed E-state index contributed by atoms with van der Waals surface area (Å²) in [6.07, 6.45) is 0.985. The standard InChI is InChI=1S/C11H11N5O3S/c1-15(4-7-5-20-6-14-7)11(17)8-2-10(12)13-3-9(8)16(18)19/h2-3,5-6H,4H2,1H3,(H2,12,13). The van der Waals surface area contributed by atoms with Crippen LogP contribution in [0.5, 0.6) is 0 Å². The highest BCUT2D eigenvalue weighted by Crippen LogP contribution is 2.21. The predicted molar refractivity (Wildman–Crippen MR) is 73.2 cm³/mol. The fourth-order valence-electron chi connectivity index (χ4n) is 1.62. The molecule has 0 fully saturated rings. The van der Waals surface area contributed by atoms with Crippen LogP contribution in [0.25, 0.3) is 0 Å². The first-order valence-corrected chi connectivity index (χ1v) is 6.45. The van der Waals surface area contributed by atoms with E-state index in [0.717, 1.165) is 11.9 Å². The van der Waals surface area contributed by atoms with Crippen LogP contribution >= 0.6 is 11.3 Å². The summed E-state index contributed by atoms with van der Waals surface area (Å²) < 4.78 is 0. The van der Waals surface area contributed by atoms with Crippen molar-refractivity contribution >= 4 is 28.7 Å². The summed E-state index contributed by atoms with van der Waals surface area (Å²) in [7, 11) is 1.54. The van der Waals surface area contributed by atoms with Crippen molar-refractivity contribution in [3.05, 3.63) is 44.5 Å². The maximum atomic E-state index is 12.3. The van der Waals surface area contributed by atoms with Gasteiger partial charge in [-0.1, -0.05) is 0 Å². The quantitative estimate of drug-likeness (QED) is 0.671. The van der Waals surface area contributed by atoms with Gasteiger partial charge in [0.2, 0.25) is 0 Å². The van der Waals surface area contributed by atoms with E-state index in [-0.39, 0.29) is 23.6 Å². The molecule has 2 aromatic heterocycles. The fourth-order valence-corrected chi connectivity index (χ4v) is 2.17. The smallest absolute Gasteiger partial charge is 0.300 e. The first kappa shape index (κ1) is 13.9. The Morgan fingerprint density at radius 1 is 1.55 bits per heavy atom. The molecule has 0 atom stereocenters. The van der Waals surface area contributed by atoms with Crippen molar-refractivity contribution in [2.45, 2.75) is 6.54 Å². The molecule has 8 nitrogen and oxygen atoms in total. The molecule has 0 aliphatic carbocycles. The average molecular weight is 293 g/mol. The number of carbonyl (C=O) groups is 1. The van der Waals surface area contributed by atoms with Crippen LogP contribution in [-0.2, 0) is 6.54 Å². The van der Waals surface area contributed by atoms with Crippen LogP contribution in [-0.4, -0.2) is 32.7 Å². The number of aromatic nitrogens is 2. The van der Waals surface area contributed by atoms with Crippen molar-refractivity contribution in [1.82, 2.24) is 14.9 Å². The van der Waals surface area contributed by atoms with Crippen LogP contribution in [0.1, 0.15) is 16.1 Å². The van der Waals surface area contributed by atoms with Crippen LogP contribution in [0.3, 0.4) is 0 Å². The van der Waals surface area contributed by atoms with E-state index in [1.807, 2.05) is 0 Å². The van der Waals surface area contributed by atoms with Crippen molar-refractivity contribution < 1.29 is 9.72 Å². The van der Waals surface area contributed by atoms with E-state index >= 15 is 0 Å². The molecule has 0 radical (unpaired) electrons. The highest BCUT2D eigenvalue weighted by molar-refractivity contribution is 7.07. The Labute approximate surface area is 118 Å². The maximum absolute atomic E-state index is 12.3. The summed E-state index contributed by atoms with van der Waals surface area (Å²) in [5.74, 6) is -0.445. The zero-order chi connectivity index (χ0) is 14.7. The second kappa shape index (κ2) is 5.61. The normalized spacial score (nSPS) is 10.2. The number of pyridine rings is 1. The molecule has 1 amide bonds. The number of anilines is 1. The van der Waals surface area contributed by atoms with Gasteiger partial charge in [-0.25, -0.2) is 9.97 Å². The third kappa shape index (κ3) is 2.88. The third-order valence-electron chi connectivity index (χ3n) is 2.56. The van der Waals surface area contributed by atoms with Crippen molar-refractivity contribution in [3.63, 3.8) is 0 Å². The van der Waals surface area contributed by atoms with Crippen LogP contribution in [0.2, 0.25) is 0 Å². The molecular weight excluding hydrogens is 282 g/mol. The Morgan fingerprint density at radius 2 is 2.30 bits per heavy atom. The molecule has 2 heterocycles. The molecule has 2 rings (SSSR count). The van der Waals surface area contributed by atoms with Gasteiger partial charge in [0.05, 0.1) is 22.7 Å². The Bertz CT molecular complexity index is 644. The van der Waals surface area contributed by atoms with Gasteiger partial charge in [0.15, 0.2) is 0 Å². The molecular formula is C11H11N5O3S. The maximum Gasteiger partial charge on any atom is 0.300 e. The summed E-state index contributed by atoms with van der Waals surface area (Å²) >= 11 is 1.41. The van der Waals surface area contributed by atoms with Gasteiger partial charge in [-0.05, 0) is 6.07 Å². The van der Waals surface area contributed by atoms with Gasteiger partial charge in [-0.15, -0.1) is 11.3 Å². The highest BCUT2D eigenvalue weighted by Gasteiger charge is 2.24. The zero-order valence-electron chi connectivity index (χ0n) is 10.5. The number of hydrogen-bond acceptors (Lipinski definition) is 7. The van der Waals surface area contributed by atoms with Crippen molar-refractivity contribution in [2.75, 3.05) is 12.8 Å². The molecule has 0 saturated heterocycles. The first-order chi connectivity index (χ1) is 9.49. The minimum absolute atomic E-state index is 0.0565. The number of nitrogen functional groups attached to an aromatic ring is 1. The summed E-state index contributed by atoms with van der Waals surface area (Å²) in [5, 5.41) is 12.7. The van der Waals surface area contributed by atoms with Crippen LogP contribution < -0.4 is 5.73 Å². The molecule has 0 aliphatic rings. The Balaban J connectivity index is 2.28. The summed E-state index contributed by atoms with van der Waals surface area (Å²) in [6, 6.07) is 1.21. The molecule has 0 saturated carbocycles. The lowest BCUT2D eigenvalue weighted by atomic mass is 10.2. The van der Waals surface area contributed by atoms with Gasteiger partial charge in [0.1, 0.15) is 17.6 Å². The summed E-state index contributed by atoms with van der Waals surface area (Å²) in [5.41, 5.74) is 7.41. The number of rotatable bonds is 4. The predicted octanol–water partition coefficient (Wildman–Crippen LogP) is 1.30. The number of nitrogens with two attached hydrogens (primary N) is 1. The van der Waals surface area contributed by atoms with E-state index in [1.165, 1.54) is 22.3 Å². The Hall–Kier alpha value is -2.55. The van der Waals surface area contributed by atoms with Gasteiger partial charge in [0.25, 0.3) is 11.6 Å². The molecule has 2 aromatic rings. The number of hydrogen-bond donors (Lipinski definition) is 1. The summed E-state index contributed by atoms with van der Waals surface area (Å²) in [6.45, 7) is 0.266. The van der Waals surface area contributed by atoms with Gasteiger partial charge < -0.3 is 10.6 Å². The van der Waals surface area contributed by atoms with E-state index in [1.54, 1.807) is 17.9 Å². The van der Waals surface area contributed by atoms with Gasteiger partial charge >= 0.3 is 0 Å². The Morgan fingerprint density at radius 3 is 2.90 bits per heavy atom. The van der Waals surface area contributed by atoms with Crippen molar-refractivity contribution in [2.24, 2.45) is 0 Å². The second-order valence-corrected chi connectivity index (χ2v) is 4.74. The lowest BCUT2D eigenvalue weighted by Gasteiger charge is -2.15. The Kier molecular flexibility index (Phi) is 3.89. The van der Waals surface area contributed by atoms with E-state index < -0.39 is 10.8 Å². The molecule has 0 spiro atoms. The number of nitro groups is 1. The molecule has 9 heteroatoms. The van der Waals surface area contributed by atoms with E-state index in [9.17, 15) is 14.9 Å². The van der Waals surface area contributed by atoms with E-state index in [2.05, 4.69) is 9.97 Å². The largest absolute Gasteiger partial charge is 0.384 e. The van der Waals surface area contributed by atoms with Crippen LogP contribution in [0.4, 0.5) is 11.5 Å². The molecule has 104 valence electrons. The lowest BCUT2D eigenvalue weighted by Crippen LogP contribution is -2.27. The summed E-state index contributed by atoms with van der Waals surface area (Å²) in [4.78, 5) is 31.6. The van der Waals surface area contributed by atoms with Crippen molar-refractivity contribution in [1.29, 1.82) is 0 Å². The molecule has 0 unspecified atom stereocenters.